The van der Waals surface area contributed by atoms with Crippen molar-refractivity contribution < 1.29 is 14.0 Å². The molecule has 1 fully saturated rings. The van der Waals surface area contributed by atoms with Gasteiger partial charge in [-0.3, -0.25) is 9.97 Å². The minimum absolute atomic E-state index is 0.194. The Morgan fingerprint density at radius 2 is 2.04 bits per heavy atom. The Morgan fingerprint density at radius 3 is 2.80 bits per heavy atom. The molecule has 4 rings (SSSR count). The zero-order valence-electron chi connectivity index (χ0n) is 14.1. The predicted octanol–water partition coefficient (Wildman–Crippen LogP) is 3.30. The number of hydrogen-bond donors (Lipinski definition) is 0. The molecule has 7 nitrogen and oxygen atoms in total. The van der Waals surface area contributed by atoms with Crippen LogP contribution in [0.15, 0.2) is 35.1 Å². The van der Waals surface area contributed by atoms with E-state index in [2.05, 4.69) is 20.1 Å². The lowest BCUT2D eigenvalue weighted by Gasteiger charge is -2.12. The highest BCUT2D eigenvalue weighted by atomic mass is 16.5. The fraction of sp³-hybridized carbons (Fsp3) is 0.333. The second-order valence-corrected chi connectivity index (χ2v) is 5.96. The maximum atomic E-state index is 5.94. The van der Waals surface area contributed by atoms with Crippen LogP contribution in [0, 0.1) is 6.92 Å². The molecule has 0 atom stereocenters. The van der Waals surface area contributed by atoms with Crippen molar-refractivity contribution in [1.29, 1.82) is 0 Å². The van der Waals surface area contributed by atoms with Crippen molar-refractivity contribution >= 4 is 0 Å². The molecule has 0 spiro atoms. The third kappa shape index (κ3) is 3.31. The van der Waals surface area contributed by atoms with Crippen molar-refractivity contribution in [2.75, 3.05) is 7.11 Å². The molecule has 0 bridgehead atoms. The third-order valence-corrected chi connectivity index (χ3v) is 4.10. The zero-order chi connectivity index (χ0) is 17.2. The summed E-state index contributed by atoms with van der Waals surface area (Å²) in [4.78, 5) is 13.1. The van der Waals surface area contributed by atoms with E-state index in [-0.39, 0.29) is 6.61 Å². The van der Waals surface area contributed by atoms with E-state index in [9.17, 15) is 0 Å². The van der Waals surface area contributed by atoms with Crippen LogP contribution in [0.4, 0.5) is 0 Å². The average Bonchev–Trinajstić information content (AvgIpc) is 3.39. The molecule has 1 saturated carbocycles. The Hall–Kier alpha value is -2.96. The van der Waals surface area contributed by atoms with Crippen LogP contribution in [-0.4, -0.2) is 27.2 Å². The normalized spacial score (nSPS) is 13.7. The monoisotopic (exact) mass is 338 g/mol. The largest absolute Gasteiger partial charge is 0.497 e. The summed E-state index contributed by atoms with van der Waals surface area (Å²) < 4.78 is 16.5. The van der Waals surface area contributed by atoms with Gasteiger partial charge in [-0.15, -0.1) is 0 Å². The van der Waals surface area contributed by atoms with Crippen molar-refractivity contribution in [2.45, 2.75) is 32.3 Å². The van der Waals surface area contributed by atoms with E-state index in [0.29, 0.717) is 23.3 Å². The lowest BCUT2D eigenvalue weighted by Crippen LogP contribution is -2.00. The Kier molecular flexibility index (Phi) is 4.05. The minimum atomic E-state index is 0.194. The minimum Gasteiger partial charge on any atom is -0.497 e. The lowest BCUT2D eigenvalue weighted by molar-refractivity contribution is 0.242. The van der Waals surface area contributed by atoms with Gasteiger partial charge >= 0.3 is 0 Å². The number of benzene rings is 1. The molecule has 25 heavy (non-hydrogen) atoms. The Morgan fingerprint density at radius 1 is 1.20 bits per heavy atom. The predicted molar refractivity (Wildman–Crippen MR) is 89.4 cm³/mol. The molecule has 0 radical (unpaired) electrons. The Balaban J connectivity index is 1.61. The first kappa shape index (κ1) is 15.6. The molecule has 2 aromatic heterocycles. The van der Waals surface area contributed by atoms with Crippen LogP contribution in [0.25, 0.3) is 11.3 Å². The first-order valence-corrected chi connectivity index (χ1v) is 8.16. The fourth-order valence-electron chi connectivity index (χ4n) is 2.59. The van der Waals surface area contributed by atoms with E-state index in [1.807, 2.05) is 25.1 Å². The van der Waals surface area contributed by atoms with Crippen molar-refractivity contribution in [3.05, 3.63) is 48.0 Å². The van der Waals surface area contributed by atoms with E-state index < -0.39 is 0 Å². The molecule has 3 aromatic rings. The van der Waals surface area contributed by atoms with E-state index >= 15 is 0 Å². The molecular formula is C18H18N4O3. The highest BCUT2D eigenvalue weighted by Crippen LogP contribution is 2.38. The molecule has 0 amide bonds. The number of methoxy groups -OCH3 is 1. The molecule has 128 valence electrons. The Labute approximate surface area is 145 Å². The van der Waals surface area contributed by atoms with Crippen LogP contribution >= 0.6 is 0 Å². The molecule has 2 heterocycles. The number of rotatable bonds is 6. The maximum absolute atomic E-state index is 5.94. The van der Waals surface area contributed by atoms with Crippen LogP contribution in [-0.2, 0) is 6.61 Å². The molecular weight excluding hydrogens is 320 g/mol. The van der Waals surface area contributed by atoms with E-state index in [0.717, 1.165) is 35.6 Å². The number of hydrogen-bond acceptors (Lipinski definition) is 7. The Bertz CT molecular complexity index is 890. The topological polar surface area (TPSA) is 83.2 Å². The summed E-state index contributed by atoms with van der Waals surface area (Å²) in [5.74, 6) is 3.02. The summed E-state index contributed by atoms with van der Waals surface area (Å²) in [6, 6.07) is 5.60. The molecule has 1 aromatic carbocycles. The number of aromatic nitrogens is 4. The van der Waals surface area contributed by atoms with E-state index in [1.165, 1.54) is 0 Å². The van der Waals surface area contributed by atoms with Gasteiger partial charge in [-0.25, -0.2) is 0 Å². The molecule has 0 N–H and O–H groups in total. The van der Waals surface area contributed by atoms with Crippen LogP contribution in [0.1, 0.15) is 36.2 Å². The molecule has 1 aliphatic carbocycles. The van der Waals surface area contributed by atoms with Gasteiger partial charge in [0.1, 0.15) is 11.5 Å². The van der Waals surface area contributed by atoms with E-state index in [1.54, 1.807) is 19.5 Å². The van der Waals surface area contributed by atoms with Gasteiger partial charge in [0.2, 0.25) is 0 Å². The summed E-state index contributed by atoms with van der Waals surface area (Å²) in [6.07, 6.45) is 5.59. The molecule has 1 aliphatic rings. The summed E-state index contributed by atoms with van der Waals surface area (Å²) in [7, 11) is 1.62. The molecule has 0 saturated heterocycles. The number of ether oxygens (including phenoxy) is 2. The highest BCUT2D eigenvalue weighted by Gasteiger charge is 2.28. The van der Waals surface area contributed by atoms with Gasteiger partial charge in [0.25, 0.3) is 5.89 Å². The van der Waals surface area contributed by atoms with Crippen LogP contribution in [0.2, 0.25) is 0 Å². The lowest BCUT2D eigenvalue weighted by atomic mass is 10.1. The van der Waals surface area contributed by atoms with Crippen LogP contribution < -0.4 is 9.47 Å². The SMILES string of the molecule is COc1ccc(-c2nccnc2C)c(OCc2nc(C3CC3)no2)c1. The standard InChI is InChI=1S/C18H18N4O3/c1-11-17(20-8-7-19-11)14-6-5-13(23-2)9-15(14)24-10-16-21-18(22-25-16)12-3-4-12/h5-9,12H,3-4,10H2,1-2H3. The van der Waals surface area contributed by atoms with Gasteiger partial charge in [0, 0.05) is 29.9 Å². The van der Waals surface area contributed by atoms with Crippen LogP contribution in [0.5, 0.6) is 11.5 Å². The van der Waals surface area contributed by atoms with E-state index in [4.69, 9.17) is 14.0 Å². The third-order valence-electron chi connectivity index (χ3n) is 4.10. The summed E-state index contributed by atoms with van der Waals surface area (Å²) in [6.45, 7) is 2.11. The molecule has 7 heteroatoms. The second-order valence-electron chi connectivity index (χ2n) is 5.96. The summed E-state index contributed by atoms with van der Waals surface area (Å²) in [5, 5.41) is 4.01. The molecule has 0 unspecified atom stereocenters. The van der Waals surface area contributed by atoms with Gasteiger partial charge in [-0.2, -0.15) is 4.98 Å². The quantitative estimate of drug-likeness (QED) is 0.682. The van der Waals surface area contributed by atoms with Crippen LogP contribution in [0.3, 0.4) is 0 Å². The zero-order valence-corrected chi connectivity index (χ0v) is 14.1. The van der Waals surface area contributed by atoms with Gasteiger partial charge in [-0.1, -0.05) is 5.16 Å². The van der Waals surface area contributed by atoms with Crippen molar-refractivity contribution in [1.82, 2.24) is 20.1 Å². The summed E-state index contributed by atoms with van der Waals surface area (Å²) in [5.41, 5.74) is 2.43. The maximum Gasteiger partial charge on any atom is 0.264 e. The first-order valence-electron chi connectivity index (χ1n) is 8.16. The number of aryl methyl sites for hydroxylation is 1. The first-order chi connectivity index (χ1) is 12.2. The molecule has 0 aliphatic heterocycles. The van der Waals surface area contributed by atoms with Gasteiger partial charge < -0.3 is 14.0 Å². The van der Waals surface area contributed by atoms with Crippen molar-refractivity contribution in [2.24, 2.45) is 0 Å². The second kappa shape index (κ2) is 6.51. The van der Waals surface area contributed by atoms with Gasteiger partial charge in [0.15, 0.2) is 12.4 Å². The highest BCUT2D eigenvalue weighted by molar-refractivity contribution is 5.70. The smallest absolute Gasteiger partial charge is 0.264 e. The van der Waals surface area contributed by atoms with Gasteiger partial charge in [0.05, 0.1) is 18.5 Å². The van der Waals surface area contributed by atoms with Crippen molar-refractivity contribution in [3.63, 3.8) is 0 Å². The van der Waals surface area contributed by atoms with Gasteiger partial charge in [-0.05, 0) is 31.9 Å². The fourth-order valence-corrected chi connectivity index (χ4v) is 2.59. The summed E-state index contributed by atoms with van der Waals surface area (Å²) >= 11 is 0. The van der Waals surface area contributed by atoms with Crippen molar-refractivity contribution in [3.8, 4) is 22.8 Å². The average molecular weight is 338 g/mol. The number of nitrogens with zero attached hydrogens (tertiary/aromatic N) is 4.